The maximum atomic E-state index is 13.0. The zero-order valence-corrected chi connectivity index (χ0v) is 26.6. The first-order chi connectivity index (χ1) is 22.9. The lowest BCUT2D eigenvalue weighted by atomic mass is 9.91. The Bertz CT molecular complexity index is 1640. The molecule has 0 amide bonds. The quantitative estimate of drug-likeness (QED) is 0.136. The number of fused-ring (bicyclic) bond motifs is 1. The van der Waals surface area contributed by atoms with E-state index in [9.17, 15) is 87.6 Å². The second-order valence-corrected chi connectivity index (χ2v) is 14.7. The molecule has 2 heterocycles. The highest BCUT2D eigenvalue weighted by Crippen LogP contribution is 2.64. The Morgan fingerprint density at radius 2 is 1.10 bits per heavy atom. The summed E-state index contributed by atoms with van der Waals surface area (Å²) in [6.45, 7) is 0.824. The van der Waals surface area contributed by atoms with Crippen molar-refractivity contribution in [2.45, 2.75) is 90.3 Å². The zero-order chi connectivity index (χ0) is 39.3. The molecule has 0 bridgehead atoms. The van der Waals surface area contributed by atoms with Crippen molar-refractivity contribution in [2.75, 3.05) is 18.1 Å². The van der Waals surface area contributed by atoms with Crippen LogP contribution in [-0.4, -0.2) is 84.3 Å². The molecule has 5 nitrogen and oxygen atoms in total. The summed E-state index contributed by atoms with van der Waals surface area (Å²) in [5, 5.41) is -5.33. The molecule has 0 N–H and O–H groups in total. The first-order valence-corrected chi connectivity index (χ1v) is 17.0. The summed E-state index contributed by atoms with van der Waals surface area (Å²) in [7, 11) is -7.71. The van der Waals surface area contributed by atoms with E-state index in [1.54, 1.807) is 0 Å². The minimum absolute atomic E-state index is 0.0723. The average molecular weight is 815 g/mol. The van der Waals surface area contributed by atoms with Gasteiger partial charge in [0.15, 0.2) is 21.3 Å². The molecule has 292 valence electrons. The van der Waals surface area contributed by atoms with E-state index in [4.69, 9.17) is 9.47 Å². The van der Waals surface area contributed by atoms with Crippen LogP contribution in [0.4, 0.5) is 74.6 Å². The van der Waals surface area contributed by atoms with Crippen molar-refractivity contribution < 1.29 is 97.1 Å². The van der Waals surface area contributed by atoms with Gasteiger partial charge in [0.25, 0.3) is 0 Å². The van der Waals surface area contributed by atoms with Gasteiger partial charge < -0.3 is 14.0 Å². The summed E-state index contributed by atoms with van der Waals surface area (Å²) < 4.78 is 256. The molecule has 0 saturated carbocycles. The van der Waals surface area contributed by atoms with Gasteiger partial charge in [0.05, 0.1) is 6.61 Å². The lowest BCUT2D eigenvalue weighted by Crippen LogP contribution is -2.75. The molecular formula is C27H23F17O5S2. The fourth-order valence-electron chi connectivity index (χ4n) is 4.73. The average Bonchev–Trinajstić information content (AvgIpc) is 3.55. The Balaban J connectivity index is 0.000000283. The molecule has 2 aromatic rings. The van der Waals surface area contributed by atoms with E-state index < -0.39 is 57.1 Å². The molecule has 0 radical (unpaired) electrons. The topological polar surface area (TPSA) is 75.7 Å². The molecule has 1 unspecified atom stereocenters. The van der Waals surface area contributed by atoms with E-state index in [-0.39, 0.29) is 6.29 Å². The maximum Gasteiger partial charge on any atom is 0.460 e. The van der Waals surface area contributed by atoms with Gasteiger partial charge in [-0.2, -0.15) is 74.6 Å². The molecule has 0 aromatic heterocycles. The SMILES string of the molecule is O=S(=O)([O-])C(F)(F)C(F)(F)C(F)(F)C(F)(F)C(F)(F)C(F)(F)C(F)(F)C(F)(F)F.c1ccc2c([S+]3CCCC3)ccc(OC3CCCCO3)c2c1. The van der Waals surface area contributed by atoms with E-state index in [2.05, 4.69) is 36.4 Å². The van der Waals surface area contributed by atoms with Gasteiger partial charge >= 0.3 is 47.0 Å². The molecule has 2 aromatic carbocycles. The van der Waals surface area contributed by atoms with E-state index in [0.29, 0.717) is 10.9 Å². The van der Waals surface area contributed by atoms with Crippen LogP contribution < -0.4 is 4.74 Å². The highest BCUT2D eigenvalue weighted by Gasteiger charge is 2.95. The van der Waals surface area contributed by atoms with Crippen molar-refractivity contribution in [3.05, 3.63) is 36.4 Å². The molecule has 0 spiro atoms. The summed E-state index contributed by atoms with van der Waals surface area (Å²) in [5.41, 5.74) is 0. The van der Waals surface area contributed by atoms with E-state index in [1.807, 2.05) is 0 Å². The van der Waals surface area contributed by atoms with Gasteiger partial charge in [0.1, 0.15) is 17.3 Å². The summed E-state index contributed by atoms with van der Waals surface area (Å²) in [4.78, 5) is 1.53. The first kappa shape index (κ1) is 42.9. The van der Waals surface area contributed by atoms with Crippen LogP contribution in [0.2, 0.25) is 0 Å². The van der Waals surface area contributed by atoms with Gasteiger partial charge in [-0.3, -0.25) is 0 Å². The Labute approximate surface area is 279 Å². The van der Waals surface area contributed by atoms with Crippen molar-refractivity contribution in [1.29, 1.82) is 0 Å². The van der Waals surface area contributed by atoms with Gasteiger partial charge in [-0.15, -0.1) is 0 Å². The van der Waals surface area contributed by atoms with Crippen molar-refractivity contribution >= 4 is 31.8 Å². The number of benzene rings is 2. The smallest absolute Gasteiger partial charge is 0.460 e. The second-order valence-electron chi connectivity index (χ2n) is 11.0. The molecule has 2 aliphatic rings. The predicted octanol–water partition coefficient (Wildman–Crippen LogP) is 9.01. The summed E-state index contributed by atoms with van der Waals surface area (Å²) in [6, 6.07) is 13.2. The maximum absolute atomic E-state index is 13.0. The van der Waals surface area contributed by atoms with Gasteiger partial charge in [0.2, 0.25) is 0 Å². The summed E-state index contributed by atoms with van der Waals surface area (Å²) in [5.74, 6) is -48.4. The first-order valence-electron chi connectivity index (χ1n) is 14.1. The molecule has 2 saturated heterocycles. The molecule has 2 aliphatic heterocycles. The van der Waals surface area contributed by atoms with Crippen LogP contribution in [0.25, 0.3) is 10.8 Å². The summed E-state index contributed by atoms with van der Waals surface area (Å²) >= 11 is 0. The predicted molar refractivity (Wildman–Crippen MR) is 143 cm³/mol. The number of ether oxygens (including phenoxy) is 2. The Hall–Kier alpha value is -2.47. The van der Waals surface area contributed by atoms with E-state index >= 15 is 0 Å². The molecule has 51 heavy (non-hydrogen) atoms. The largest absolute Gasteiger partial charge is 0.743 e. The molecule has 1 atom stereocenters. The lowest BCUT2D eigenvalue weighted by molar-refractivity contribution is -0.458. The Morgan fingerprint density at radius 3 is 1.55 bits per heavy atom. The lowest BCUT2D eigenvalue weighted by Gasteiger charge is -2.42. The van der Waals surface area contributed by atoms with Crippen LogP contribution in [0.5, 0.6) is 5.75 Å². The third-order valence-corrected chi connectivity index (χ3v) is 11.0. The van der Waals surface area contributed by atoms with E-state index in [1.165, 1.54) is 46.4 Å². The molecule has 0 aliphatic carbocycles. The molecule has 2 fully saturated rings. The van der Waals surface area contributed by atoms with Gasteiger partial charge in [-0.25, -0.2) is 8.42 Å². The standard InChI is InChI=1S/C19H23O2S.C8HF17O3S/c1-2-8-16-15(7-1)17(21-19-9-3-4-12-20-19)10-11-18(16)22-13-5-6-14-22;9-1(10,3(13,14)5(17,18)7(21,22)23)2(11,12)4(15,16)6(19,20)8(24,25)29(26,27)28/h1-2,7-8,10-11,19H,3-6,9,12-14H2;(H,26,27,28)/q+1;/p-1. The normalized spacial score (nSPS) is 19.5. The van der Waals surface area contributed by atoms with Crippen LogP contribution in [0, 0.1) is 0 Å². The monoisotopic (exact) mass is 814 g/mol. The minimum atomic E-state index is -8.92. The van der Waals surface area contributed by atoms with Crippen LogP contribution in [-0.2, 0) is 25.7 Å². The highest BCUT2D eigenvalue weighted by molar-refractivity contribution is 7.97. The molecular weight excluding hydrogens is 791 g/mol. The third kappa shape index (κ3) is 7.26. The van der Waals surface area contributed by atoms with Crippen molar-refractivity contribution in [1.82, 2.24) is 0 Å². The molecule has 4 rings (SSSR count). The fourth-order valence-corrected chi connectivity index (χ4v) is 7.67. The van der Waals surface area contributed by atoms with Crippen molar-refractivity contribution in [3.63, 3.8) is 0 Å². The fraction of sp³-hybridized carbons (Fsp3) is 0.630. The second kappa shape index (κ2) is 14.1. The van der Waals surface area contributed by atoms with Crippen molar-refractivity contribution in [2.24, 2.45) is 0 Å². The number of alkyl halides is 17. The van der Waals surface area contributed by atoms with Gasteiger partial charge in [-0.05, 0) is 43.9 Å². The zero-order valence-electron chi connectivity index (χ0n) is 25.0. The number of halogens is 17. The van der Waals surface area contributed by atoms with Crippen LogP contribution in [0.3, 0.4) is 0 Å². The van der Waals surface area contributed by atoms with E-state index in [0.717, 1.165) is 25.2 Å². The van der Waals surface area contributed by atoms with Gasteiger partial charge in [0, 0.05) is 28.1 Å². The van der Waals surface area contributed by atoms with Crippen LogP contribution in [0.15, 0.2) is 41.3 Å². The Kier molecular flexibility index (Phi) is 11.8. The number of hydrogen-bond donors (Lipinski definition) is 0. The summed E-state index contributed by atoms with van der Waals surface area (Å²) in [6.07, 6.45) is -1.85. The number of rotatable bonds is 10. The highest BCUT2D eigenvalue weighted by atomic mass is 32.2. The molecule has 24 heteroatoms. The number of hydrogen-bond acceptors (Lipinski definition) is 5. The Morgan fingerprint density at radius 1 is 0.627 bits per heavy atom. The van der Waals surface area contributed by atoms with Crippen LogP contribution >= 0.6 is 0 Å². The minimum Gasteiger partial charge on any atom is -0.743 e. The van der Waals surface area contributed by atoms with Crippen molar-refractivity contribution in [3.8, 4) is 5.75 Å². The van der Waals surface area contributed by atoms with Gasteiger partial charge in [-0.1, -0.05) is 18.2 Å². The third-order valence-electron chi connectivity index (χ3n) is 7.59. The van der Waals surface area contributed by atoms with Crippen LogP contribution in [0.1, 0.15) is 32.1 Å².